The van der Waals surface area contributed by atoms with Gasteiger partial charge in [-0.2, -0.15) is 0 Å². The first kappa shape index (κ1) is 17.2. The van der Waals surface area contributed by atoms with E-state index in [1.165, 1.54) is 0 Å². The van der Waals surface area contributed by atoms with E-state index in [2.05, 4.69) is 19.2 Å². The number of nitrogens with one attached hydrogen (secondary N) is 1. The van der Waals surface area contributed by atoms with Gasteiger partial charge in [-0.05, 0) is 39.5 Å². The number of amides is 1. The van der Waals surface area contributed by atoms with Crippen molar-refractivity contribution in [2.45, 2.75) is 65.2 Å². The molecule has 0 aromatic rings. The number of carbonyl (C=O) groups is 1. The number of ether oxygens (including phenoxy) is 1. The first-order chi connectivity index (χ1) is 8.15. The van der Waals surface area contributed by atoms with E-state index in [0.717, 1.165) is 6.42 Å². The minimum atomic E-state index is -0.962. The molecule has 5 nitrogen and oxygen atoms in total. The van der Waals surface area contributed by atoms with Crippen molar-refractivity contribution in [3.8, 4) is 0 Å². The highest BCUT2D eigenvalue weighted by molar-refractivity contribution is 5.68. The molecule has 0 heterocycles. The fourth-order valence-corrected chi connectivity index (χ4v) is 1.46. The molecule has 0 saturated carbocycles. The highest BCUT2D eigenvalue weighted by Gasteiger charge is 2.24. The largest absolute Gasteiger partial charge is 0.444 e. The summed E-state index contributed by atoms with van der Waals surface area (Å²) < 4.78 is 5.13. The topological polar surface area (TPSA) is 78.8 Å². The summed E-state index contributed by atoms with van der Waals surface area (Å²) in [5, 5.41) is 21.2. The summed E-state index contributed by atoms with van der Waals surface area (Å²) in [5.41, 5.74) is -0.573. The molecule has 3 N–H and O–H groups in total. The minimum absolute atomic E-state index is 0.376. The first-order valence-electron chi connectivity index (χ1n) is 6.44. The van der Waals surface area contributed by atoms with Gasteiger partial charge < -0.3 is 20.3 Å². The van der Waals surface area contributed by atoms with Crippen molar-refractivity contribution in [2.24, 2.45) is 5.92 Å². The fraction of sp³-hybridized carbons (Fsp3) is 0.923. The van der Waals surface area contributed by atoms with Gasteiger partial charge in [0.2, 0.25) is 0 Å². The molecule has 18 heavy (non-hydrogen) atoms. The molecular weight excluding hydrogens is 234 g/mol. The highest BCUT2D eigenvalue weighted by atomic mass is 16.6. The SMILES string of the molecule is CC(C)CC[C@@H](NC(=O)OC(C)(C)C)[C@@H](O)CO. The Morgan fingerprint density at radius 3 is 2.22 bits per heavy atom. The highest BCUT2D eigenvalue weighted by Crippen LogP contribution is 2.12. The zero-order valence-corrected chi connectivity index (χ0v) is 12.1. The second-order valence-corrected chi connectivity index (χ2v) is 5.97. The third-order valence-electron chi connectivity index (χ3n) is 2.41. The second kappa shape index (κ2) is 7.59. The lowest BCUT2D eigenvalue weighted by Crippen LogP contribution is -2.46. The molecule has 0 aliphatic carbocycles. The molecule has 0 saturated heterocycles. The van der Waals surface area contributed by atoms with Gasteiger partial charge in [-0.1, -0.05) is 13.8 Å². The standard InChI is InChI=1S/C13H27NO4/c1-9(2)6-7-10(11(16)8-15)14-12(17)18-13(3,4)5/h9-11,15-16H,6-8H2,1-5H3,(H,14,17)/t10-,11+/m1/s1. The van der Waals surface area contributed by atoms with Gasteiger partial charge in [0.15, 0.2) is 0 Å². The van der Waals surface area contributed by atoms with Crippen LogP contribution in [0.4, 0.5) is 4.79 Å². The van der Waals surface area contributed by atoms with Gasteiger partial charge in [-0.3, -0.25) is 0 Å². The smallest absolute Gasteiger partial charge is 0.407 e. The summed E-state index contributed by atoms with van der Waals surface area (Å²) in [6.45, 7) is 9.08. The van der Waals surface area contributed by atoms with E-state index in [-0.39, 0.29) is 6.61 Å². The Bertz CT molecular complexity index is 248. The number of alkyl carbamates (subject to hydrolysis) is 1. The van der Waals surface area contributed by atoms with Crippen LogP contribution < -0.4 is 5.32 Å². The molecule has 0 radical (unpaired) electrons. The summed E-state index contributed by atoms with van der Waals surface area (Å²) in [4.78, 5) is 11.6. The van der Waals surface area contributed by atoms with Gasteiger partial charge in [0.25, 0.3) is 0 Å². The lowest BCUT2D eigenvalue weighted by molar-refractivity contribution is 0.0297. The van der Waals surface area contributed by atoms with Crippen LogP contribution >= 0.6 is 0 Å². The van der Waals surface area contributed by atoms with Crippen LogP contribution in [0.15, 0.2) is 0 Å². The molecule has 0 fully saturated rings. The first-order valence-corrected chi connectivity index (χ1v) is 6.44. The Kier molecular flexibility index (Phi) is 7.25. The van der Waals surface area contributed by atoms with Crippen LogP contribution in [0.25, 0.3) is 0 Å². The zero-order chi connectivity index (χ0) is 14.3. The maximum Gasteiger partial charge on any atom is 0.407 e. The van der Waals surface area contributed by atoms with Crippen molar-refractivity contribution in [3.05, 3.63) is 0 Å². The van der Waals surface area contributed by atoms with Crippen molar-refractivity contribution in [1.29, 1.82) is 0 Å². The molecule has 1 amide bonds. The van der Waals surface area contributed by atoms with Crippen LogP contribution in [0, 0.1) is 5.92 Å². The van der Waals surface area contributed by atoms with E-state index in [1.807, 2.05) is 0 Å². The van der Waals surface area contributed by atoms with Gasteiger partial charge in [0, 0.05) is 0 Å². The molecule has 0 bridgehead atoms. The van der Waals surface area contributed by atoms with Crippen LogP contribution in [0.2, 0.25) is 0 Å². The average Bonchev–Trinajstić information content (AvgIpc) is 2.20. The summed E-state index contributed by atoms with van der Waals surface area (Å²) >= 11 is 0. The molecule has 108 valence electrons. The molecule has 0 aliphatic rings. The molecule has 0 spiro atoms. The molecular formula is C13H27NO4. The van der Waals surface area contributed by atoms with Crippen LogP contribution in [0.5, 0.6) is 0 Å². The predicted octanol–water partition coefficient (Wildman–Crippen LogP) is 1.67. The summed E-state index contributed by atoms with van der Waals surface area (Å²) in [5.74, 6) is 0.471. The number of aliphatic hydroxyl groups is 2. The quantitative estimate of drug-likeness (QED) is 0.679. The van der Waals surface area contributed by atoms with E-state index in [4.69, 9.17) is 9.84 Å². The maximum atomic E-state index is 11.6. The summed E-state index contributed by atoms with van der Waals surface area (Å²) in [6, 6.07) is -0.479. The van der Waals surface area contributed by atoms with Crippen molar-refractivity contribution < 1.29 is 19.7 Å². The van der Waals surface area contributed by atoms with Gasteiger partial charge in [-0.25, -0.2) is 4.79 Å². The average molecular weight is 261 g/mol. The molecule has 0 aliphatic heterocycles. The van der Waals surface area contributed by atoms with Crippen LogP contribution in [0.3, 0.4) is 0 Å². The van der Waals surface area contributed by atoms with Crippen LogP contribution in [0.1, 0.15) is 47.5 Å². The van der Waals surface area contributed by atoms with Crippen LogP contribution in [-0.4, -0.2) is 40.7 Å². The summed E-state index contributed by atoms with van der Waals surface area (Å²) in [7, 11) is 0. The van der Waals surface area contributed by atoms with Crippen LogP contribution in [-0.2, 0) is 4.74 Å². The Labute approximate surface area is 110 Å². The van der Waals surface area contributed by atoms with Crippen molar-refractivity contribution in [2.75, 3.05) is 6.61 Å². The number of rotatable bonds is 6. The van der Waals surface area contributed by atoms with Gasteiger partial charge in [-0.15, -0.1) is 0 Å². The summed E-state index contributed by atoms with van der Waals surface area (Å²) in [6.07, 6.45) is -0.0593. The maximum absolute atomic E-state index is 11.6. The van der Waals surface area contributed by atoms with Gasteiger partial charge in [0.1, 0.15) is 5.60 Å². The van der Waals surface area contributed by atoms with Crippen molar-refractivity contribution >= 4 is 6.09 Å². The number of aliphatic hydroxyl groups excluding tert-OH is 2. The van der Waals surface area contributed by atoms with Gasteiger partial charge >= 0.3 is 6.09 Å². The van der Waals surface area contributed by atoms with E-state index >= 15 is 0 Å². The predicted molar refractivity (Wildman–Crippen MR) is 70.3 cm³/mol. The van der Waals surface area contributed by atoms with Crippen molar-refractivity contribution in [3.63, 3.8) is 0 Å². The lowest BCUT2D eigenvalue weighted by atomic mass is 10.00. The second-order valence-electron chi connectivity index (χ2n) is 5.97. The molecule has 5 heteroatoms. The Morgan fingerprint density at radius 1 is 1.28 bits per heavy atom. The number of carbonyl (C=O) groups excluding carboxylic acids is 1. The normalized spacial score (nSPS) is 15.3. The monoisotopic (exact) mass is 261 g/mol. The third kappa shape index (κ3) is 8.31. The molecule has 2 atom stereocenters. The zero-order valence-electron chi connectivity index (χ0n) is 12.1. The Balaban J connectivity index is 4.35. The Morgan fingerprint density at radius 2 is 1.83 bits per heavy atom. The van der Waals surface area contributed by atoms with E-state index in [1.54, 1.807) is 20.8 Å². The Hall–Kier alpha value is -0.810. The molecule has 0 aromatic heterocycles. The van der Waals surface area contributed by atoms with Crippen molar-refractivity contribution in [1.82, 2.24) is 5.32 Å². The van der Waals surface area contributed by atoms with E-state index < -0.39 is 23.8 Å². The molecule has 0 aromatic carbocycles. The minimum Gasteiger partial charge on any atom is -0.444 e. The fourth-order valence-electron chi connectivity index (χ4n) is 1.46. The van der Waals surface area contributed by atoms with E-state index in [0.29, 0.717) is 12.3 Å². The van der Waals surface area contributed by atoms with Gasteiger partial charge in [0.05, 0.1) is 18.8 Å². The molecule has 0 rings (SSSR count). The lowest BCUT2D eigenvalue weighted by Gasteiger charge is -2.26. The number of hydrogen-bond acceptors (Lipinski definition) is 4. The third-order valence-corrected chi connectivity index (χ3v) is 2.41. The number of hydrogen-bond donors (Lipinski definition) is 3. The molecule has 0 unspecified atom stereocenters. The van der Waals surface area contributed by atoms with E-state index in [9.17, 15) is 9.90 Å².